The molecule has 0 aromatic carbocycles. The van der Waals surface area contributed by atoms with Gasteiger partial charge in [-0.05, 0) is 12.1 Å². The molecule has 0 spiro atoms. The second-order valence-electron chi connectivity index (χ2n) is 3.83. The fourth-order valence-electron chi connectivity index (χ4n) is 1.42. The summed E-state index contributed by atoms with van der Waals surface area (Å²) in [5.41, 5.74) is 0.536. The number of anilines is 1. The number of carboxylic acid groups (broad SMARTS) is 1. The Hall–Kier alpha value is -1.99. The molecule has 1 heterocycles. The molecule has 0 bridgehead atoms. The Morgan fingerprint density at radius 1 is 1.53 bits per heavy atom. The van der Waals surface area contributed by atoms with Crippen LogP contribution in [-0.2, 0) is 14.3 Å². The van der Waals surface area contributed by atoms with Crippen molar-refractivity contribution < 1.29 is 19.4 Å². The van der Waals surface area contributed by atoms with Gasteiger partial charge < -0.3 is 20.5 Å². The molecule has 1 aromatic rings. The number of carbonyl (C=O) groups excluding carboxylic acids is 1. The van der Waals surface area contributed by atoms with E-state index in [0.29, 0.717) is 18.8 Å². The number of pyridine rings is 1. The highest BCUT2D eigenvalue weighted by Crippen LogP contribution is 2.04. The van der Waals surface area contributed by atoms with Crippen LogP contribution in [0.1, 0.15) is 6.42 Å². The fourth-order valence-corrected chi connectivity index (χ4v) is 1.42. The SMILES string of the molecule is COCCNC(CC(=O)Nc1cccnc1)C(=O)O. The minimum Gasteiger partial charge on any atom is -0.480 e. The normalized spacial score (nSPS) is 11.8. The summed E-state index contributed by atoms with van der Waals surface area (Å²) in [7, 11) is 1.52. The van der Waals surface area contributed by atoms with Crippen LogP contribution in [0, 0.1) is 0 Å². The number of amides is 1. The van der Waals surface area contributed by atoms with Gasteiger partial charge in [-0.25, -0.2) is 0 Å². The van der Waals surface area contributed by atoms with Crippen molar-refractivity contribution in [3.05, 3.63) is 24.5 Å². The average Bonchev–Trinajstić information content (AvgIpc) is 2.38. The van der Waals surface area contributed by atoms with Crippen LogP contribution in [0.5, 0.6) is 0 Å². The fraction of sp³-hybridized carbons (Fsp3) is 0.417. The first-order valence-electron chi connectivity index (χ1n) is 5.78. The summed E-state index contributed by atoms with van der Waals surface area (Å²) >= 11 is 0. The predicted octanol–water partition coefficient (Wildman–Crippen LogP) is 0.0994. The summed E-state index contributed by atoms with van der Waals surface area (Å²) < 4.78 is 4.81. The van der Waals surface area contributed by atoms with E-state index in [-0.39, 0.29) is 12.3 Å². The molecule has 0 saturated heterocycles. The number of nitrogens with one attached hydrogen (secondary N) is 2. The van der Waals surface area contributed by atoms with Gasteiger partial charge in [0.25, 0.3) is 0 Å². The van der Waals surface area contributed by atoms with E-state index in [2.05, 4.69) is 15.6 Å². The minimum absolute atomic E-state index is 0.159. The van der Waals surface area contributed by atoms with E-state index in [1.54, 1.807) is 18.3 Å². The average molecular weight is 267 g/mol. The number of rotatable bonds is 8. The van der Waals surface area contributed by atoms with Gasteiger partial charge in [-0.1, -0.05) is 0 Å². The predicted molar refractivity (Wildman–Crippen MR) is 68.8 cm³/mol. The molecule has 0 radical (unpaired) electrons. The van der Waals surface area contributed by atoms with E-state index in [4.69, 9.17) is 9.84 Å². The zero-order valence-corrected chi connectivity index (χ0v) is 10.6. The van der Waals surface area contributed by atoms with Crippen molar-refractivity contribution in [1.82, 2.24) is 10.3 Å². The van der Waals surface area contributed by atoms with Gasteiger partial charge in [-0.15, -0.1) is 0 Å². The van der Waals surface area contributed by atoms with Gasteiger partial charge in [0.1, 0.15) is 6.04 Å². The summed E-state index contributed by atoms with van der Waals surface area (Å²) in [4.78, 5) is 26.5. The number of nitrogens with zero attached hydrogens (tertiary/aromatic N) is 1. The summed E-state index contributed by atoms with van der Waals surface area (Å²) in [5.74, 6) is -1.46. The molecule has 1 rings (SSSR count). The van der Waals surface area contributed by atoms with Crippen molar-refractivity contribution in [1.29, 1.82) is 0 Å². The first-order valence-corrected chi connectivity index (χ1v) is 5.78. The maximum Gasteiger partial charge on any atom is 0.321 e. The summed E-state index contributed by atoms with van der Waals surface area (Å²) in [6.07, 6.45) is 2.92. The monoisotopic (exact) mass is 267 g/mol. The lowest BCUT2D eigenvalue weighted by atomic mass is 10.2. The third kappa shape index (κ3) is 5.94. The number of carbonyl (C=O) groups is 2. The molecule has 3 N–H and O–H groups in total. The minimum atomic E-state index is -1.07. The van der Waals surface area contributed by atoms with Gasteiger partial charge in [0.05, 0.1) is 24.9 Å². The highest BCUT2D eigenvalue weighted by Gasteiger charge is 2.20. The van der Waals surface area contributed by atoms with Gasteiger partial charge in [-0.3, -0.25) is 14.6 Å². The van der Waals surface area contributed by atoms with Gasteiger partial charge in [0.2, 0.25) is 5.91 Å². The Morgan fingerprint density at radius 3 is 2.89 bits per heavy atom. The summed E-state index contributed by atoms with van der Waals surface area (Å²) in [6.45, 7) is 0.752. The lowest BCUT2D eigenvalue weighted by molar-refractivity contribution is -0.141. The Labute approximate surface area is 111 Å². The zero-order chi connectivity index (χ0) is 14.1. The van der Waals surface area contributed by atoms with Crippen molar-refractivity contribution in [2.45, 2.75) is 12.5 Å². The number of methoxy groups -OCH3 is 1. The molecular weight excluding hydrogens is 250 g/mol. The third-order valence-corrected chi connectivity index (χ3v) is 2.33. The van der Waals surface area contributed by atoms with Crippen LogP contribution in [0.25, 0.3) is 0 Å². The van der Waals surface area contributed by atoms with Crippen LogP contribution in [0.3, 0.4) is 0 Å². The quantitative estimate of drug-likeness (QED) is 0.577. The van der Waals surface area contributed by atoms with Crippen LogP contribution in [0.4, 0.5) is 5.69 Å². The zero-order valence-electron chi connectivity index (χ0n) is 10.6. The molecular formula is C12H17N3O4. The van der Waals surface area contributed by atoms with Crippen LogP contribution in [-0.4, -0.2) is 48.3 Å². The largest absolute Gasteiger partial charge is 0.480 e. The molecule has 0 aliphatic carbocycles. The Kier molecular flexibility index (Phi) is 6.48. The molecule has 1 atom stereocenters. The van der Waals surface area contributed by atoms with Crippen LogP contribution < -0.4 is 10.6 Å². The number of ether oxygens (including phenoxy) is 1. The number of aromatic nitrogens is 1. The maximum atomic E-state index is 11.7. The molecule has 0 aliphatic heterocycles. The Bertz CT molecular complexity index is 411. The molecule has 0 aliphatic rings. The second kappa shape index (κ2) is 8.17. The van der Waals surface area contributed by atoms with E-state index in [9.17, 15) is 9.59 Å². The Balaban J connectivity index is 2.45. The summed E-state index contributed by atoms with van der Waals surface area (Å²) in [6, 6.07) is 2.42. The molecule has 0 saturated carbocycles. The van der Waals surface area contributed by atoms with E-state index < -0.39 is 12.0 Å². The lowest BCUT2D eigenvalue weighted by Gasteiger charge is -2.13. The van der Waals surface area contributed by atoms with Crippen LogP contribution in [0.15, 0.2) is 24.5 Å². The molecule has 104 valence electrons. The smallest absolute Gasteiger partial charge is 0.321 e. The van der Waals surface area contributed by atoms with Crippen molar-refractivity contribution >= 4 is 17.6 Å². The first-order chi connectivity index (χ1) is 9.13. The molecule has 1 aromatic heterocycles. The number of hydrogen-bond donors (Lipinski definition) is 3. The van der Waals surface area contributed by atoms with Crippen LogP contribution >= 0.6 is 0 Å². The molecule has 1 amide bonds. The van der Waals surface area contributed by atoms with E-state index in [1.807, 2.05) is 0 Å². The molecule has 1 unspecified atom stereocenters. The standard InChI is InChI=1S/C12H17N3O4/c1-19-6-5-14-10(12(17)18)7-11(16)15-9-3-2-4-13-8-9/h2-4,8,10,14H,5-7H2,1H3,(H,15,16)(H,17,18). The van der Waals surface area contributed by atoms with E-state index >= 15 is 0 Å². The van der Waals surface area contributed by atoms with Crippen molar-refractivity contribution in [2.75, 3.05) is 25.6 Å². The van der Waals surface area contributed by atoms with Crippen LogP contribution in [0.2, 0.25) is 0 Å². The maximum absolute atomic E-state index is 11.7. The van der Waals surface area contributed by atoms with E-state index in [0.717, 1.165) is 0 Å². The molecule has 0 fully saturated rings. The lowest BCUT2D eigenvalue weighted by Crippen LogP contribution is -2.41. The highest BCUT2D eigenvalue weighted by molar-refractivity contribution is 5.93. The molecule has 19 heavy (non-hydrogen) atoms. The number of aliphatic carboxylic acids is 1. The number of carboxylic acids is 1. The van der Waals surface area contributed by atoms with Gasteiger partial charge in [-0.2, -0.15) is 0 Å². The van der Waals surface area contributed by atoms with Crippen molar-refractivity contribution in [3.8, 4) is 0 Å². The third-order valence-electron chi connectivity index (χ3n) is 2.33. The molecule has 7 heteroatoms. The second-order valence-corrected chi connectivity index (χ2v) is 3.83. The highest BCUT2D eigenvalue weighted by atomic mass is 16.5. The topological polar surface area (TPSA) is 101 Å². The summed E-state index contributed by atoms with van der Waals surface area (Å²) in [5, 5.41) is 14.3. The number of hydrogen-bond acceptors (Lipinski definition) is 5. The van der Waals surface area contributed by atoms with Gasteiger partial charge in [0, 0.05) is 19.9 Å². The van der Waals surface area contributed by atoms with Crippen molar-refractivity contribution in [3.63, 3.8) is 0 Å². The van der Waals surface area contributed by atoms with Gasteiger partial charge >= 0.3 is 5.97 Å². The Morgan fingerprint density at radius 2 is 2.32 bits per heavy atom. The molecule has 7 nitrogen and oxygen atoms in total. The van der Waals surface area contributed by atoms with Crippen molar-refractivity contribution in [2.24, 2.45) is 0 Å². The first kappa shape index (κ1) is 15.1. The van der Waals surface area contributed by atoms with E-state index in [1.165, 1.54) is 13.3 Å². The van der Waals surface area contributed by atoms with Gasteiger partial charge in [0.15, 0.2) is 0 Å².